The fraction of sp³-hybridized carbons (Fsp3) is 0.300. The van der Waals surface area contributed by atoms with E-state index in [-0.39, 0.29) is 17.7 Å². The van der Waals surface area contributed by atoms with E-state index in [4.69, 9.17) is 4.74 Å². The van der Waals surface area contributed by atoms with Crippen LogP contribution < -0.4 is 4.90 Å². The molecule has 1 heterocycles. The van der Waals surface area contributed by atoms with Crippen molar-refractivity contribution >= 4 is 17.7 Å². The predicted octanol–water partition coefficient (Wildman–Crippen LogP) is 4.38. The lowest BCUT2D eigenvalue weighted by atomic mass is 9.90. The van der Waals surface area contributed by atoms with Gasteiger partial charge in [0.15, 0.2) is 0 Å². The quantitative estimate of drug-likeness (QED) is 0.814. The normalized spacial score (nSPS) is 19.7. The summed E-state index contributed by atoms with van der Waals surface area (Å²) in [6.07, 6.45) is -0.999. The van der Waals surface area contributed by atoms with Gasteiger partial charge < -0.3 is 4.74 Å². The minimum Gasteiger partial charge on any atom is -0.443 e. The van der Waals surface area contributed by atoms with Crippen LogP contribution in [0.3, 0.4) is 0 Å². The third-order valence-corrected chi connectivity index (χ3v) is 3.98. The summed E-state index contributed by atoms with van der Waals surface area (Å²) in [5, 5.41) is 0. The minimum atomic E-state index is -2.30. The lowest BCUT2D eigenvalue weighted by Crippen LogP contribution is -2.44. The van der Waals surface area contributed by atoms with Crippen molar-refractivity contribution in [3.05, 3.63) is 65.7 Å². The molecule has 0 aromatic heterocycles. The first-order chi connectivity index (χ1) is 11.7. The van der Waals surface area contributed by atoms with Crippen molar-refractivity contribution in [1.29, 1.82) is 0 Å². The molecule has 1 aliphatic rings. The molecule has 25 heavy (non-hydrogen) atoms. The van der Waals surface area contributed by atoms with E-state index < -0.39 is 23.3 Å². The second kappa shape index (κ2) is 5.99. The number of hydrogen-bond donors (Lipinski definition) is 0. The Morgan fingerprint density at radius 3 is 2.32 bits per heavy atom. The van der Waals surface area contributed by atoms with E-state index in [1.165, 1.54) is 0 Å². The fourth-order valence-electron chi connectivity index (χ4n) is 2.94. The number of para-hydroxylation sites is 1. The summed E-state index contributed by atoms with van der Waals surface area (Å²) in [5.74, 6) is -0.910. The number of carbonyl (C=O) groups is 2. The summed E-state index contributed by atoms with van der Waals surface area (Å²) in [7, 11) is 0. The zero-order chi connectivity index (χ0) is 18.2. The monoisotopic (exact) mass is 341 g/mol. The number of anilines is 1. The highest BCUT2D eigenvalue weighted by Gasteiger charge is 2.54. The highest BCUT2D eigenvalue weighted by atomic mass is 19.1. The minimum absolute atomic E-state index is 0.136. The van der Waals surface area contributed by atoms with E-state index in [1.54, 1.807) is 69.3 Å². The maximum atomic E-state index is 15.8. The Bertz CT molecular complexity index is 813. The molecule has 130 valence electrons. The van der Waals surface area contributed by atoms with Crippen molar-refractivity contribution in [3.8, 4) is 0 Å². The van der Waals surface area contributed by atoms with Crippen molar-refractivity contribution in [2.45, 2.75) is 38.5 Å². The lowest BCUT2D eigenvalue weighted by Gasteiger charge is -2.24. The molecule has 0 unspecified atom stereocenters. The van der Waals surface area contributed by atoms with E-state index >= 15 is 4.39 Å². The molecule has 0 fully saturated rings. The summed E-state index contributed by atoms with van der Waals surface area (Å²) in [5.41, 5.74) is -1.98. The van der Waals surface area contributed by atoms with Gasteiger partial charge in [0.2, 0.25) is 5.67 Å². The molecular weight excluding hydrogens is 321 g/mol. The molecule has 2 amide bonds. The van der Waals surface area contributed by atoms with E-state index in [2.05, 4.69) is 0 Å². The molecule has 0 saturated heterocycles. The third-order valence-electron chi connectivity index (χ3n) is 3.98. The number of rotatable bonds is 2. The van der Waals surface area contributed by atoms with Gasteiger partial charge in [-0.1, -0.05) is 48.5 Å². The SMILES string of the molecule is CC(C)(C)OC(=O)N1C(=O)[C@](F)(Cc2ccccc2)c2ccccc21. The number of ether oxygens (including phenoxy) is 1. The number of hydrogen-bond acceptors (Lipinski definition) is 3. The van der Waals surface area contributed by atoms with Crippen molar-refractivity contribution in [2.24, 2.45) is 0 Å². The Hall–Kier alpha value is -2.69. The van der Waals surface area contributed by atoms with Crippen LogP contribution >= 0.6 is 0 Å². The maximum absolute atomic E-state index is 15.8. The Labute approximate surface area is 146 Å². The Kier molecular flexibility index (Phi) is 4.11. The lowest BCUT2D eigenvalue weighted by molar-refractivity contribution is -0.129. The van der Waals surface area contributed by atoms with Gasteiger partial charge in [0.1, 0.15) is 5.60 Å². The predicted molar refractivity (Wildman–Crippen MR) is 93.1 cm³/mol. The van der Waals surface area contributed by atoms with Crippen LogP contribution in [0.25, 0.3) is 0 Å². The van der Waals surface area contributed by atoms with Gasteiger partial charge in [-0.25, -0.2) is 14.1 Å². The van der Waals surface area contributed by atoms with Crippen molar-refractivity contribution < 1.29 is 18.7 Å². The van der Waals surface area contributed by atoms with Crippen molar-refractivity contribution in [1.82, 2.24) is 0 Å². The molecule has 0 N–H and O–H groups in total. The number of halogens is 1. The summed E-state index contributed by atoms with van der Waals surface area (Å²) in [6, 6.07) is 15.3. The first kappa shape index (κ1) is 17.1. The van der Waals surface area contributed by atoms with Gasteiger partial charge in [-0.05, 0) is 32.4 Å². The molecule has 2 aromatic rings. The second-order valence-electron chi connectivity index (χ2n) is 7.10. The smallest absolute Gasteiger partial charge is 0.421 e. The first-order valence-electron chi connectivity index (χ1n) is 8.12. The number of carbonyl (C=O) groups excluding carboxylic acids is 2. The second-order valence-corrected chi connectivity index (χ2v) is 7.10. The van der Waals surface area contributed by atoms with Crippen LogP contribution in [0.15, 0.2) is 54.6 Å². The standard InChI is InChI=1S/C20H20FNO3/c1-19(2,3)25-18(24)22-16-12-8-7-11-15(16)20(21,17(22)23)13-14-9-5-4-6-10-14/h4-12H,13H2,1-3H3/t20-/m0/s1. The van der Waals surface area contributed by atoms with Crippen LogP contribution in [0.2, 0.25) is 0 Å². The molecular formula is C20H20FNO3. The van der Waals surface area contributed by atoms with Gasteiger partial charge in [0.05, 0.1) is 5.69 Å². The molecule has 1 aliphatic heterocycles. The van der Waals surface area contributed by atoms with Gasteiger partial charge in [-0.3, -0.25) is 4.79 Å². The number of imide groups is 1. The van der Waals surface area contributed by atoms with E-state index in [1.807, 2.05) is 6.07 Å². The van der Waals surface area contributed by atoms with Gasteiger partial charge in [-0.2, -0.15) is 0 Å². The number of nitrogens with zero attached hydrogens (tertiary/aromatic N) is 1. The van der Waals surface area contributed by atoms with Crippen LogP contribution in [0, 0.1) is 0 Å². The van der Waals surface area contributed by atoms with Crippen LogP contribution in [-0.4, -0.2) is 17.6 Å². The average Bonchev–Trinajstić information content (AvgIpc) is 2.75. The van der Waals surface area contributed by atoms with E-state index in [0.717, 1.165) is 4.90 Å². The Morgan fingerprint density at radius 2 is 1.68 bits per heavy atom. The average molecular weight is 341 g/mol. The molecule has 0 radical (unpaired) electrons. The van der Waals surface area contributed by atoms with Crippen molar-refractivity contribution in [3.63, 3.8) is 0 Å². The Balaban J connectivity index is 2.02. The zero-order valence-electron chi connectivity index (χ0n) is 14.5. The van der Waals surface area contributed by atoms with Crippen molar-refractivity contribution in [2.75, 3.05) is 4.90 Å². The molecule has 0 bridgehead atoms. The molecule has 4 nitrogen and oxygen atoms in total. The van der Waals surface area contributed by atoms with Gasteiger partial charge in [0.25, 0.3) is 5.91 Å². The largest absolute Gasteiger partial charge is 0.443 e. The first-order valence-corrected chi connectivity index (χ1v) is 8.12. The van der Waals surface area contributed by atoms with E-state index in [9.17, 15) is 9.59 Å². The summed E-state index contributed by atoms with van der Waals surface area (Å²) < 4.78 is 21.1. The fourth-order valence-corrected chi connectivity index (χ4v) is 2.94. The van der Waals surface area contributed by atoms with Gasteiger partial charge >= 0.3 is 6.09 Å². The maximum Gasteiger partial charge on any atom is 0.421 e. The van der Waals surface area contributed by atoms with E-state index in [0.29, 0.717) is 5.56 Å². The number of alkyl halides is 1. The zero-order valence-corrected chi connectivity index (χ0v) is 14.5. The van der Waals surface area contributed by atoms with Gasteiger partial charge in [0, 0.05) is 12.0 Å². The van der Waals surface area contributed by atoms with Crippen LogP contribution in [0.1, 0.15) is 31.9 Å². The van der Waals surface area contributed by atoms with Crippen LogP contribution in [0.5, 0.6) is 0 Å². The number of amides is 2. The molecule has 0 aliphatic carbocycles. The molecule has 1 atom stereocenters. The number of benzene rings is 2. The highest BCUT2D eigenvalue weighted by molar-refractivity contribution is 6.20. The molecule has 0 saturated carbocycles. The number of fused-ring (bicyclic) bond motifs is 1. The molecule has 0 spiro atoms. The topological polar surface area (TPSA) is 46.6 Å². The van der Waals surface area contributed by atoms with Crippen LogP contribution in [-0.2, 0) is 21.6 Å². The van der Waals surface area contributed by atoms with Gasteiger partial charge in [-0.15, -0.1) is 0 Å². The summed E-state index contributed by atoms with van der Waals surface area (Å²) in [4.78, 5) is 26.2. The highest BCUT2D eigenvalue weighted by Crippen LogP contribution is 2.45. The summed E-state index contributed by atoms with van der Waals surface area (Å²) in [6.45, 7) is 5.10. The molecule has 5 heteroatoms. The molecule has 2 aromatic carbocycles. The molecule has 3 rings (SSSR count). The Morgan fingerprint density at radius 1 is 1.08 bits per heavy atom. The van der Waals surface area contributed by atoms with Crippen LogP contribution in [0.4, 0.5) is 14.9 Å². The third kappa shape index (κ3) is 3.14. The summed E-state index contributed by atoms with van der Waals surface area (Å²) >= 11 is 0.